The van der Waals surface area contributed by atoms with Gasteiger partial charge in [-0.3, -0.25) is 9.00 Å². The Balaban J connectivity index is 2.16. The first-order valence-corrected chi connectivity index (χ1v) is 7.12. The van der Waals surface area contributed by atoms with Gasteiger partial charge in [-0.2, -0.15) is 0 Å². The molecule has 0 aliphatic heterocycles. The molecule has 0 bridgehead atoms. The lowest BCUT2D eigenvalue weighted by molar-refractivity contribution is -0.138. The Bertz CT molecular complexity index is 261. The van der Waals surface area contributed by atoms with E-state index < -0.39 is 16.8 Å². The van der Waals surface area contributed by atoms with Gasteiger partial charge in [0.25, 0.3) is 0 Å². The van der Waals surface area contributed by atoms with Crippen molar-refractivity contribution in [3.8, 4) is 0 Å². The number of rotatable bonds is 9. The van der Waals surface area contributed by atoms with E-state index in [9.17, 15) is 9.00 Å². The largest absolute Gasteiger partial charge is 0.481 e. The lowest BCUT2D eigenvalue weighted by Crippen LogP contribution is -2.18. The zero-order valence-electron chi connectivity index (χ0n) is 9.74. The number of carboxylic acids is 1. The number of aliphatic carboxylic acids is 1. The van der Waals surface area contributed by atoms with Gasteiger partial charge in [-0.05, 0) is 31.1 Å². The van der Waals surface area contributed by atoms with Crippen LogP contribution < -0.4 is 0 Å². The van der Waals surface area contributed by atoms with Gasteiger partial charge < -0.3 is 9.84 Å². The number of hydrogen-bond acceptors (Lipinski definition) is 3. The molecule has 0 spiro atoms. The van der Waals surface area contributed by atoms with Crippen LogP contribution in [-0.2, 0) is 20.3 Å². The summed E-state index contributed by atoms with van der Waals surface area (Å²) in [6, 6.07) is 0. The Morgan fingerprint density at radius 2 is 2.12 bits per heavy atom. The van der Waals surface area contributed by atoms with Gasteiger partial charge in [0.15, 0.2) is 0 Å². The molecule has 0 radical (unpaired) electrons. The highest BCUT2D eigenvalue weighted by Crippen LogP contribution is 2.49. The van der Waals surface area contributed by atoms with Crippen molar-refractivity contribution in [1.29, 1.82) is 0 Å². The maximum Gasteiger partial charge on any atom is 0.303 e. The van der Waals surface area contributed by atoms with Crippen molar-refractivity contribution >= 4 is 16.8 Å². The van der Waals surface area contributed by atoms with Crippen LogP contribution in [0.4, 0.5) is 0 Å². The molecule has 1 aliphatic carbocycles. The van der Waals surface area contributed by atoms with Gasteiger partial charge in [-0.25, -0.2) is 0 Å². The third kappa shape index (κ3) is 5.07. The van der Waals surface area contributed by atoms with Crippen LogP contribution in [0, 0.1) is 5.41 Å². The van der Waals surface area contributed by atoms with Crippen molar-refractivity contribution < 1.29 is 18.8 Å². The summed E-state index contributed by atoms with van der Waals surface area (Å²) < 4.78 is 16.6. The summed E-state index contributed by atoms with van der Waals surface area (Å²) in [6.07, 6.45) is 3.83. The van der Waals surface area contributed by atoms with Gasteiger partial charge in [0, 0.05) is 36.0 Å². The van der Waals surface area contributed by atoms with Crippen LogP contribution in [0.3, 0.4) is 0 Å². The minimum Gasteiger partial charge on any atom is -0.481 e. The molecule has 0 heterocycles. The normalized spacial score (nSPS) is 19.3. The van der Waals surface area contributed by atoms with E-state index in [-0.39, 0.29) is 11.8 Å². The van der Waals surface area contributed by atoms with Crippen LogP contribution >= 0.6 is 0 Å². The van der Waals surface area contributed by atoms with Crippen molar-refractivity contribution in [2.75, 3.05) is 25.2 Å². The first-order valence-electron chi connectivity index (χ1n) is 5.64. The second-order valence-electron chi connectivity index (χ2n) is 4.56. The average molecular weight is 248 g/mol. The Morgan fingerprint density at radius 1 is 1.44 bits per heavy atom. The smallest absolute Gasteiger partial charge is 0.303 e. The molecule has 1 rings (SSSR count). The molecule has 0 aromatic rings. The highest BCUT2D eigenvalue weighted by molar-refractivity contribution is 7.85. The number of hydrogen-bond donors (Lipinski definition) is 1. The molecule has 94 valence electrons. The first-order chi connectivity index (χ1) is 7.58. The first kappa shape index (κ1) is 13.6. The summed E-state index contributed by atoms with van der Waals surface area (Å²) in [5.41, 5.74) is -0.141. The number of ether oxygens (including phenoxy) is 1. The molecule has 0 aromatic carbocycles. The van der Waals surface area contributed by atoms with Crippen LogP contribution in [0.1, 0.15) is 32.1 Å². The lowest BCUT2D eigenvalue weighted by atomic mass is 10.1. The predicted molar refractivity (Wildman–Crippen MR) is 62.9 cm³/mol. The summed E-state index contributed by atoms with van der Waals surface area (Å²) in [5.74, 6) is 0.464. The van der Waals surface area contributed by atoms with E-state index in [2.05, 4.69) is 0 Å². The summed E-state index contributed by atoms with van der Waals surface area (Å²) in [5, 5.41) is 8.73. The molecule has 1 saturated carbocycles. The molecular weight excluding hydrogens is 228 g/mol. The van der Waals surface area contributed by atoms with Crippen LogP contribution in [-0.4, -0.2) is 40.5 Å². The van der Waals surface area contributed by atoms with E-state index >= 15 is 0 Å². The Kier molecular flexibility index (Phi) is 5.41. The number of carboxylic acid groups (broad SMARTS) is 1. The third-order valence-corrected chi connectivity index (χ3v) is 4.60. The zero-order chi connectivity index (χ0) is 12.0. The van der Waals surface area contributed by atoms with Crippen molar-refractivity contribution in [1.82, 2.24) is 0 Å². The molecule has 1 unspecified atom stereocenters. The van der Waals surface area contributed by atoms with Crippen LogP contribution in [0.2, 0.25) is 0 Å². The monoisotopic (exact) mass is 248 g/mol. The van der Waals surface area contributed by atoms with Crippen molar-refractivity contribution in [2.24, 2.45) is 5.41 Å². The van der Waals surface area contributed by atoms with Crippen LogP contribution in [0.15, 0.2) is 0 Å². The Hall–Kier alpha value is -0.420. The van der Waals surface area contributed by atoms with Gasteiger partial charge >= 0.3 is 5.97 Å². The quantitative estimate of drug-likeness (QED) is 0.627. The molecule has 1 fully saturated rings. The minimum absolute atomic E-state index is 0.141. The predicted octanol–water partition coefficient (Wildman–Crippen LogP) is 1.42. The average Bonchev–Trinajstić information content (AvgIpc) is 2.91. The van der Waals surface area contributed by atoms with Gasteiger partial charge in [-0.15, -0.1) is 0 Å². The minimum atomic E-state index is -0.866. The fourth-order valence-electron chi connectivity index (χ4n) is 1.79. The molecule has 1 atom stereocenters. The molecule has 0 amide bonds. The number of carbonyl (C=O) groups is 1. The standard InChI is InChI=1S/C11H20O4S/c1-15-6-2-3-7-16(14)9-11(4-5-11)8-10(12)13/h2-9H2,1H3,(H,12,13). The molecule has 1 aliphatic rings. The Morgan fingerprint density at radius 3 is 2.62 bits per heavy atom. The van der Waals surface area contributed by atoms with E-state index in [0.717, 1.165) is 25.7 Å². The maximum absolute atomic E-state index is 11.7. The molecule has 4 nitrogen and oxygen atoms in total. The second kappa shape index (κ2) is 6.35. The van der Waals surface area contributed by atoms with E-state index in [4.69, 9.17) is 9.84 Å². The second-order valence-corrected chi connectivity index (χ2v) is 6.14. The topological polar surface area (TPSA) is 63.6 Å². The summed E-state index contributed by atoms with van der Waals surface area (Å²) in [7, 11) is 0.790. The highest BCUT2D eigenvalue weighted by Gasteiger charge is 2.45. The number of methoxy groups -OCH3 is 1. The highest BCUT2D eigenvalue weighted by atomic mass is 32.2. The summed E-state index contributed by atoms with van der Waals surface area (Å²) in [6.45, 7) is 0.706. The van der Waals surface area contributed by atoms with Crippen LogP contribution in [0.25, 0.3) is 0 Å². The third-order valence-electron chi connectivity index (χ3n) is 2.92. The van der Waals surface area contributed by atoms with Gasteiger partial charge in [0.2, 0.25) is 0 Å². The van der Waals surface area contributed by atoms with Gasteiger partial charge in [0.05, 0.1) is 6.42 Å². The fraction of sp³-hybridized carbons (Fsp3) is 0.909. The molecular formula is C11H20O4S. The summed E-state index contributed by atoms with van der Waals surface area (Å²) in [4.78, 5) is 10.6. The summed E-state index contributed by atoms with van der Waals surface area (Å²) >= 11 is 0. The molecule has 16 heavy (non-hydrogen) atoms. The fourth-order valence-corrected chi connectivity index (χ4v) is 3.54. The van der Waals surface area contributed by atoms with E-state index in [1.54, 1.807) is 7.11 Å². The van der Waals surface area contributed by atoms with E-state index in [1.165, 1.54) is 0 Å². The lowest BCUT2D eigenvalue weighted by Gasteiger charge is -2.11. The molecule has 0 saturated heterocycles. The van der Waals surface area contributed by atoms with E-state index in [1.807, 2.05) is 0 Å². The van der Waals surface area contributed by atoms with Crippen molar-refractivity contribution in [3.63, 3.8) is 0 Å². The van der Waals surface area contributed by atoms with Crippen molar-refractivity contribution in [2.45, 2.75) is 32.1 Å². The van der Waals surface area contributed by atoms with E-state index in [0.29, 0.717) is 18.1 Å². The Labute approximate surface area is 98.8 Å². The molecule has 0 aromatic heterocycles. The van der Waals surface area contributed by atoms with Crippen LogP contribution in [0.5, 0.6) is 0 Å². The zero-order valence-corrected chi connectivity index (χ0v) is 10.6. The number of unbranched alkanes of at least 4 members (excludes halogenated alkanes) is 1. The molecule has 5 heteroatoms. The van der Waals surface area contributed by atoms with Crippen molar-refractivity contribution in [3.05, 3.63) is 0 Å². The van der Waals surface area contributed by atoms with Gasteiger partial charge in [0.1, 0.15) is 0 Å². The molecule has 1 N–H and O–H groups in total. The van der Waals surface area contributed by atoms with Gasteiger partial charge in [-0.1, -0.05) is 0 Å². The maximum atomic E-state index is 11.7. The SMILES string of the molecule is COCCCCS(=O)CC1(CC(=O)O)CC1.